The van der Waals surface area contributed by atoms with Gasteiger partial charge in [-0.25, -0.2) is 0 Å². The molecule has 2 rings (SSSR count). The molecule has 0 saturated carbocycles. The third-order valence-electron chi connectivity index (χ3n) is 2.30. The molecule has 1 N–H and O–H groups in total. The van der Waals surface area contributed by atoms with E-state index in [2.05, 4.69) is 46.4 Å². The molecule has 2 aromatic rings. The standard InChI is InChI=1S/C11H14N2/c1-12-7-5-10-6-9-13-8-3-2-4-11(10)13/h2-4,6,8-9,12H,5,7H2,1H3. The minimum atomic E-state index is 1.04. The van der Waals surface area contributed by atoms with Gasteiger partial charge in [0.25, 0.3) is 0 Å². The molecule has 0 aromatic carbocycles. The Kier molecular flexibility index (Phi) is 2.32. The number of nitrogens with one attached hydrogen (secondary N) is 1. The molecule has 2 aromatic heterocycles. The molecular formula is C11H14N2. The number of hydrogen-bond donors (Lipinski definition) is 1. The summed E-state index contributed by atoms with van der Waals surface area (Å²) >= 11 is 0. The first-order valence-electron chi connectivity index (χ1n) is 4.61. The number of rotatable bonds is 3. The molecule has 0 aliphatic carbocycles. The Morgan fingerprint density at radius 3 is 3.00 bits per heavy atom. The first-order chi connectivity index (χ1) is 6.42. The predicted octanol–water partition coefficient (Wildman–Crippen LogP) is 1.70. The summed E-state index contributed by atoms with van der Waals surface area (Å²) < 4.78 is 2.16. The highest BCUT2D eigenvalue weighted by atomic mass is 14.9. The number of hydrogen-bond acceptors (Lipinski definition) is 1. The monoisotopic (exact) mass is 174 g/mol. The van der Waals surface area contributed by atoms with E-state index in [9.17, 15) is 0 Å². The maximum Gasteiger partial charge on any atom is 0.0482 e. The number of fused-ring (bicyclic) bond motifs is 1. The zero-order valence-electron chi connectivity index (χ0n) is 7.83. The molecule has 0 unspecified atom stereocenters. The Bertz CT molecular complexity index is 390. The largest absolute Gasteiger partial charge is 0.324 e. The van der Waals surface area contributed by atoms with Crippen molar-refractivity contribution in [2.24, 2.45) is 0 Å². The van der Waals surface area contributed by atoms with Gasteiger partial charge in [0.05, 0.1) is 0 Å². The van der Waals surface area contributed by atoms with Gasteiger partial charge in [0.15, 0.2) is 0 Å². The number of likely N-dealkylation sites (N-methyl/N-ethyl adjacent to an activating group) is 1. The van der Waals surface area contributed by atoms with Crippen molar-refractivity contribution in [1.82, 2.24) is 9.72 Å². The van der Waals surface area contributed by atoms with Crippen molar-refractivity contribution >= 4 is 5.52 Å². The quantitative estimate of drug-likeness (QED) is 0.749. The summed E-state index contributed by atoms with van der Waals surface area (Å²) in [6, 6.07) is 8.48. The Balaban J connectivity index is 2.35. The summed E-state index contributed by atoms with van der Waals surface area (Å²) in [5, 5.41) is 3.16. The number of pyridine rings is 1. The van der Waals surface area contributed by atoms with Crippen LogP contribution in [0.5, 0.6) is 0 Å². The molecule has 0 amide bonds. The third kappa shape index (κ3) is 1.58. The zero-order chi connectivity index (χ0) is 9.10. The lowest BCUT2D eigenvalue weighted by Crippen LogP contribution is -2.09. The number of aromatic nitrogens is 1. The van der Waals surface area contributed by atoms with Crippen LogP contribution in [0.2, 0.25) is 0 Å². The molecule has 0 aliphatic rings. The van der Waals surface area contributed by atoms with Crippen molar-refractivity contribution in [1.29, 1.82) is 0 Å². The summed E-state index contributed by atoms with van der Waals surface area (Å²) in [4.78, 5) is 0. The summed E-state index contributed by atoms with van der Waals surface area (Å²) in [5.41, 5.74) is 2.73. The predicted molar refractivity (Wildman–Crippen MR) is 55.0 cm³/mol. The van der Waals surface area contributed by atoms with E-state index in [4.69, 9.17) is 0 Å². The van der Waals surface area contributed by atoms with E-state index in [0.717, 1.165) is 13.0 Å². The van der Waals surface area contributed by atoms with Crippen LogP contribution in [0.1, 0.15) is 5.56 Å². The average Bonchev–Trinajstić information content (AvgIpc) is 2.58. The molecule has 0 bridgehead atoms. The van der Waals surface area contributed by atoms with Crippen LogP contribution in [0.25, 0.3) is 5.52 Å². The molecule has 0 radical (unpaired) electrons. The van der Waals surface area contributed by atoms with Crippen LogP contribution >= 0.6 is 0 Å². The van der Waals surface area contributed by atoms with Gasteiger partial charge in [0.1, 0.15) is 0 Å². The minimum Gasteiger partial charge on any atom is -0.324 e. The van der Waals surface area contributed by atoms with Crippen LogP contribution < -0.4 is 5.32 Å². The maximum atomic E-state index is 3.16. The zero-order valence-corrected chi connectivity index (χ0v) is 7.83. The van der Waals surface area contributed by atoms with Gasteiger partial charge in [-0.05, 0) is 43.8 Å². The van der Waals surface area contributed by atoms with Crippen molar-refractivity contribution in [2.75, 3.05) is 13.6 Å². The highest BCUT2D eigenvalue weighted by Crippen LogP contribution is 2.12. The minimum absolute atomic E-state index is 1.04. The second-order valence-electron chi connectivity index (χ2n) is 3.19. The lowest BCUT2D eigenvalue weighted by Gasteiger charge is -1.99. The van der Waals surface area contributed by atoms with Crippen LogP contribution in [-0.2, 0) is 6.42 Å². The van der Waals surface area contributed by atoms with Crippen molar-refractivity contribution < 1.29 is 0 Å². The van der Waals surface area contributed by atoms with E-state index in [0.29, 0.717) is 0 Å². The summed E-state index contributed by atoms with van der Waals surface area (Å²) in [6.45, 7) is 1.04. The van der Waals surface area contributed by atoms with Crippen molar-refractivity contribution in [2.45, 2.75) is 6.42 Å². The van der Waals surface area contributed by atoms with Gasteiger partial charge in [-0.2, -0.15) is 0 Å². The van der Waals surface area contributed by atoms with E-state index in [1.165, 1.54) is 11.1 Å². The van der Waals surface area contributed by atoms with Crippen LogP contribution in [-0.4, -0.2) is 18.0 Å². The summed E-state index contributed by atoms with van der Waals surface area (Å²) in [7, 11) is 1.98. The molecule has 0 atom stereocenters. The van der Waals surface area contributed by atoms with Crippen molar-refractivity contribution in [3.05, 3.63) is 42.2 Å². The first kappa shape index (κ1) is 8.32. The lowest BCUT2D eigenvalue weighted by atomic mass is 10.2. The fraction of sp³-hybridized carbons (Fsp3) is 0.273. The highest BCUT2D eigenvalue weighted by Gasteiger charge is 1.99. The van der Waals surface area contributed by atoms with Crippen molar-refractivity contribution in [3.63, 3.8) is 0 Å². The molecule has 68 valence electrons. The van der Waals surface area contributed by atoms with Crippen LogP contribution in [0, 0.1) is 0 Å². The van der Waals surface area contributed by atoms with E-state index in [1.54, 1.807) is 0 Å². The summed E-state index contributed by atoms with van der Waals surface area (Å²) in [6.07, 6.45) is 5.29. The highest BCUT2D eigenvalue weighted by molar-refractivity contribution is 5.55. The van der Waals surface area contributed by atoms with Gasteiger partial charge in [-0.1, -0.05) is 6.07 Å². The van der Waals surface area contributed by atoms with Gasteiger partial charge in [-0.3, -0.25) is 0 Å². The normalized spacial score (nSPS) is 10.8. The third-order valence-corrected chi connectivity index (χ3v) is 2.30. The Morgan fingerprint density at radius 2 is 2.15 bits per heavy atom. The molecule has 0 spiro atoms. The van der Waals surface area contributed by atoms with E-state index < -0.39 is 0 Å². The van der Waals surface area contributed by atoms with Crippen molar-refractivity contribution in [3.8, 4) is 0 Å². The van der Waals surface area contributed by atoms with Gasteiger partial charge in [0, 0.05) is 17.9 Å². The van der Waals surface area contributed by atoms with Crippen LogP contribution in [0.4, 0.5) is 0 Å². The molecule has 0 aliphatic heterocycles. The molecule has 0 fully saturated rings. The molecular weight excluding hydrogens is 160 g/mol. The van der Waals surface area contributed by atoms with Crippen LogP contribution in [0.3, 0.4) is 0 Å². The van der Waals surface area contributed by atoms with Gasteiger partial charge < -0.3 is 9.72 Å². The van der Waals surface area contributed by atoms with E-state index in [1.807, 2.05) is 7.05 Å². The summed E-state index contributed by atoms with van der Waals surface area (Å²) in [5.74, 6) is 0. The molecule has 13 heavy (non-hydrogen) atoms. The fourth-order valence-electron chi connectivity index (χ4n) is 1.59. The topological polar surface area (TPSA) is 16.4 Å². The Hall–Kier alpha value is -1.28. The Morgan fingerprint density at radius 1 is 1.23 bits per heavy atom. The smallest absolute Gasteiger partial charge is 0.0482 e. The van der Waals surface area contributed by atoms with E-state index in [-0.39, 0.29) is 0 Å². The van der Waals surface area contributed by atoms with Gasteiger partial charge in [0.2, 0.25) is 0 Å². The first-order valence-corrected chi connectivity index (χ1v) is 4.61. The molecule has 0 saturated heterocycles. The van der Waals surface area contributed by atoms with Gasteiger partial charge >= 0.3 is 0 Å². The number of nitrogens with zero attached hydrogens (tertiary/aromatic N) is 1. The molecule has 2 heteroatoms. The second-order valence-corrected chi connectivity index (χ2v) is 3.19. The molecule has 2 nitrogen and oxygen atoms in total. The second kappa shape index (κ2) is 3.62. The van der Waals surface area contributed by atoms with Crippen LogP contribution in [0.15, 0.2) is 36.7 Å². The maximum absolute atomic E-state index is 3.16. The molecule has 2 heterocycles. The van der Waals surface area contributed by atoms with E-state index >= 15 is 0 Å². The van der Waals surface area contributed by atoms with Gasteiger partial charge in [-0.15, -0.1) is 0 Å². The lowest BCUT2D eigenvalue weighted by molar-refractivity contribution is 0.795. The Labute approximate surface area is 78.2 Å². The fourth-order valence-corrected chi connectivity index (χ4v) is 1.59. The SMILES string of the molecule is CNCCc1ccn2ccccc12. The average molecular weight is 174 g/mol.